The summed E-state index contributed by atoms with van der Waals surface area (Å²) in [5.41, 5.74) is 2.72. The van der Waals surface area contributed by atoms with Crippen LogP contribution in [0.1, 0.15) is 31.2 Å². The predicted octanol–water partition coefficient (Wildman–Crippen LogP) is 4.81. The van der Waals surface area contributed by atoms with E-state index in [1.54, 1.807) is 11.8 Å². The van der Waals surface area contributed by atoms with E-state index in [2.05, 4.69) is 0 Å². The molecule has 1 saturated carbocycles. The first-order chi connectivity index (χ1) is 16.6. The maximum atomic E-state index is 13.3. The van der Waals surface area contributed by atoms with E-state index >= 15 is 0 Å². The Hall–Kier alpha value is -3.32. The summed E-state index contributed by atoms with van der Waals surface area (Å²) < 4.78 is 19.3. The average molecular weight is 462 g/mol. The number of nitrogens with zero attached hydrogens (tertiary/aromatic N) is 3. The van der Waals surface area contributed by atoms with Crippen LogP contribution in [0.3, 0.4) is 0 Å². The third-order valence-electron chi connectivity index (χ3n) is 6.44. The molecule has 1 amide bonds. The minimum absolute atomic E-state index is 0.0884. The molecule has 178 valence electrons. The fraction of sp³-hybridized carbons (Fsp3) is 0.407. The zero-order chi connectivity index (χ0) is 23.5. The topological polar surface area (TPSA) is 65.8 Å². The molecule has 2 fully saturated rings. The molecule has 34 heavy (non-hydrogen) atoms. The number of rotatable bonds is 9. The first-order valence-corrected chi connectivity index (χ1v) is 12.0. The summed E-state index contributed by atoms with van der Waals surface area (Å²) in [6.07, 6.45) is 4.06. The van der Waals surface area contributed by atoms with E-state index in [1.165, 1.54) is 0 Å². The quantitative estimate of drug-likeness (QED) is 0.458. The Morgan fingerprint density at radius 2 is 1.82 bits per heavy atom. The molecule has 0 spiro atoms. The van der Waals surface area contributed by atoms with Crippen molar-refractivity contribution < 1.29 is 19.0 Å². The summed E-state index contributed by atoms with van der Waals surface area (Å²) in [5.74, 6) is 2.41. The van der Waals surface area contributed by atoms with Gasteiger partial charge < -0.3 is 19.1 Å². The number of benzene rings is 2. The van der Waals surface area contributed by atoms with Crippen LogP contribution in [0.15, 0.2) is 54.6 Å². The van der Waals surface area contributed by atoms with Crippen LogP contribution in [0, 0.1) is 5.92 Å². The summed E-state index contributed by atoms with van der Waals surface area (Å²) in [6, 6.07) is 17.5. The van der Waals surface area contributed by atoms with Crippen molar-refractivity contribution in [3.8, 4) is 28.6 Å². The molecule has 0 bridgehead atoms. The number of aryl methyl sites for hydroxylation is 1. The highest BCUT2D eigenvalue weighted by atomic mass is 16.5. The van der Waals surface area contributed by atoms with Gasteiger partial charge in [-0.25, -0.2) is 4.68 Å². The first-order valence-electron chi connectivity index (χ1n) is 12.0. The standard InChI is InChI=1S/C27H31N3O4/c1-29-27(34-22-14-12-21(32-2)13-15-22)24(25(28-29)19-7-4-3-5-8-19)18-30(26(31)20-10-11-20)17-23-9-6-16-33-23/h3-5,7-8,12-15,20,23H,6,9-11,16-18H2,1-2H3. The lowest BCUT2D eigenvalue weighted by Gasteiger charge is -2.26. The molecule has 7 heteroatoms. The number of carbonyl (C=O) groups is 1. The lowest BCUT2D eigenvalue weighted by molar-refractivity contribution is -0.134. The van der Waals surface area contributed by atoms with E-state index < -0.39 is 0 Å². The summed E-state index contributed by atoms with van der Waals surface area (Å²) >= 11 is 0. The van der Waals surface area contributed by atoms with E-state index in [9.17, 15) is 4.79 Å². The van der Waals surface area contributed by atoms with E-state index in [1.807, 2.05) is 66.5 Å². The monoisotopic (exact) mass is 461 g/mol. The molecule has 1 saturated heterocycles. The molecule has 1 aliphatic carbocycles. The van der Waals surface area contributed by atoms with Crippen molar-refractivity contribution in [3.05, 3.63) is 60.2 Å². The molecule has 1 unspecified atom stereocenters. The maximum absolute atomic E-state index is 13.3. The zero-order valence-electron chi connectivity index (χ0n) is 19.8. The molecule has 1 aromatic heterocycles. The van der Waals surface area contributed by atoms with Gasteiger partial charge in [-0.1, -0.05) is 30.3 Å². The number of methoxy groups -OCH3 is 1. The molecule has 0 N–H and O–H groups in total. The summed E-state index contributed by atoms with van der Waals surface area (Å²) in [6.45, 7) is 1.79. The van der Waals surface area contributed by atoms with Crippen LogP contribution in [0.25, 0.3) is 11.3 Å². The summed E-state index contributed by atoms with van der Waals surface area (Å²) in [5, 5.41) is 4.81. The van der Waals surface area contributed by atoms with Crippen molar-refractivity contribution in [1.29, 1.82) is 0 Å². The Bertz CT molecular complexity index is 1120. The fourth-order valence-electron chi connectivity index (χ4n) is 4.45. The first kappa shape index (κ1) is 22.5. The number of carbonyl (C=O) groups excluding carboxylic acids is 1. The Balaban J connectivity index is 1.50. The van der Waals surface area contributed by atoms with Crippen molar-refractivity contribution in [2.24, 2.45) is 13.0 Å². The molecule has 0 radical (unpaired) electrons. The van der Waals surface area contributed by atoms with Crippen molar-refractivity contribution >= 4 is 5.91 Å². The molecule has 1 atom stereocenters. The van der Waals surface area contributed by atoms with Crippen molar-refractivity contribution in [1.82, 2.24) is 14.7 Å². The Kier molecular flexibility index (Phi) is 6.54. The largest absolute Gasteiger partial charge is 0.497 e. The van der Waals surface area contributed by atoms with Crippen LogP contribution >= 0.6 is 0 Å². The van der Waals surface area contributed by atoms with Gasteiger partial charge >= 0.3 is 0 Å². The maximum Gasteiger partial charge on any atom is 0.226 e. The van der Waals surface area contributed by atoms with Crippen molar-refractivity contribution in [3.63, 3.8) is 0 Å². The summed E-state index contributed by atoms with van der Waals surface area (Å²) in [4.78, 5) is 15.2. The van der Waals surface area contributed by atoms with Gasteiger partial charge in [0.1, 0.15) is 17.2 Å². The van der Waals surface area contributed by atoms with Gasteiger partial charge in [-0.2, -0.15) is 5.10 Å². The van der Waals surface area contributed by atoms with Gasteiger partial charge in [0.15, 0.2) is 0 Å². The number of ether oxygens (including phenoxy) is 3. The predicted molar refractivity (Wildman–Crippen MR) is 129 cm³/mol. The summed E-state index contributed by atoms with van der Waals surface area (Å²) in [7, 11) is 3.52. The van der Waals surface area contributed by atoms with E-state index in [-0.39, 0.29) is 17.9 Å². The molecule has 7 nitrogen and oxygen atoms in total. The molecule has 1 aliphatic heterocycles. The second kappa shape index (κ2) is 9.89. The van der Waals surface area contributed by atoms with Crippen LogP contribution in [0.4, 0.5) is 0 Å². The molecule has 5 rings (SSSR count). The second-order valence-electron chi connectivity index (χ2n) is 9.03. The minimum Gasteiger partial charge on any atom is -0.497 e. The van der Waals surface area contributed by atoms with Crippen LogP contribution in [0.5, 0.6) is 17.4 Å². The van der Waals surface area contributed by atoms with E-state index in [4.69, 9.17) is 19.3 Å². The Labute approximate surface area is 200 Å². The lowest BCUT2D eigenvalue weighted by atomic mass is 10.1. The number of amides is 1. The fourth-order valence-corrected chi connectivity index (χ4v) is 4.45. The molecular formula is C27H31N3O4. The molecule has 3 aromatic rings. The van der Waals surface area contributed by atoms with Gasteiger partial charge in [-0.3, -0.25) is 4.79 Å². The van der Waals surface area contributed by atoms with Gasteiger partial charge in [0.05, 0.1) is 25.3 Å². The second-order valence-corrected chi connectivity index (χ2v) is 9.03. The highest BCUT2D eigenvalue weighted by Crippen LogP contribution is 2.37. The Morgan fingerprint density at radius 1 is 1.09 bits per heavy atom. The van der Waals surface area contributed by atoms with Crippen LogP contribution in [-0.2, 0) is 23.1 Å². The van der Waals surface area contributed by atoms with E-state index in [0.29, 0.717) is 24.7 Å². The molecule has 2 aromatic carbocycles. The molecular weight excluding hydrogens is 430 g/mol. The highest BCUT2D eigenvalue weighted by molar-refractivity contribution is 5.81. The molecule has 2 heterocycles. The molecule has 2 aliphatic rings. The Morgan fingerprint density at radius 3 is 2.47 bits per heavy atom. The van der Waals surface area contributed by atoms with Gasteiger partial charge in [0, 0.05) is 31.7 Å². The SMILES string of the molecule is COc1ccc(Oc2c(CN(CC3CCCO3)C(=O)C3CC3)c(-c3ccccc3)nn2C)cc1. The minimum atomic E-state index is 0.0884. The number of hydrogen-bond acceptors (Lipinski definition) is 5. The van der Waals surface area contributed by atoms with Crippen LogP contribution < -0.4 is 9.47 Å². The third-order valence-corrected chi connectivity index (χ3v) is 6.44. The van der Waals surface area contributed by atoms with Gasteiger partial charge in [-0.05, 0) is 49.9 Å². The highest BCUT2D eigenvalue weighted by Gasteiger charge is 2.36. The average Bonchev–Trinajstić information content (AvgIpc) is 3.52. The normalized spacial score (nSPS) is 17.5. The van der Waals surface area contributed by atoms with Gasteiger partial charge in [0.25, 0.3) is 0 Å². The van der Waals surface area contributed by atoms with Crippen LogP contribution in [-0.4, -0.2) is 47.0 Å². The number of hydrogen-bond donors (Lipinski definition) is 0. The zero-order valence-corrected chi connectivity index (χ0v) is 19.8. The smallest absolute Gasteiger partial charge is 0.226 e. The number of aromatic nitrogens is 2. The van der Waals surface area contributed by atoms with Gasteiger partial charge in [0.2, 0.25) is 11.8 Å². The van der Waals surface area contributed by atoms with Gasteiger partial charge in [-0.15, -0.1) is 0 Å². The van der Waals surface area contributed by atoms with Crippen molar-refractivity contribution in [2.75, 3.05) is 20.3 Å². The van der Waals surface area contributed by atoms with Crippen LogP contribution in [0.2, 0.25) is 0 Å². The van der Waals surface area contributed by atoms with Crippen molar-refractivity contribution in [2.45, 2.75) is 38.3 Å². The lowest BCUT2D eigenvalue weighted by Crippen LogP contribution is -2.38. The third kappa shape index (κ3) is 4.94. The van der Waals surface area contributed by atoms with E-state index in [0.717, 1.165) is 54.9 Å².